The van der Waals surface area contributed by atoms with Gasteiger partial charge in [0.2, 0.25) is 41.4 Å². The molecule has 5 unspecified atom stereocenters. The largest absolute Gasteiger partial charge is 2.00 e. The summed E-state index contributed by atoms with van der Waals surface area (Å²) in [5.41, 5.74) is 36.7. The quantitative estimate of drug-likeness (QED) is 0.0611. The van der Waals surface area contributed by atoms with Gasteiger partial charge in [-0.05, 0) is 119 Å². The van der Waals surface area contributed by atoms with Crippen LogP contribution in [0.2, 0.25) is 0 Å². The maximum Gasteiger partial charge on any atom is 2.00 e. The third-order valence-electron chi connectivity index (χ3n) is 20.5. The number of nitrogens with zero attached hydrogens (tertiary/aromatic N) is 6. The first-order valence-corrected chi connectivity index (χ1v) is 32.0. The molecule has 1 radical (unpaired) electrons. The Hall–Kier alpha value is -6.53. The van der Waals surface area contributed by atoms with Crippen LogP contribution >= 0.6 is 7.82 Å². The first kappa shape index (κ1) is 74.5. The van der Waals surface area contributed by atoms with Gasteiger partial charge in [0.05, 0.1) is 41.3 Å². The summed E-state index contributed by atoms with van der Waals surface area (Å²) in [6.45, 7) is 19.0. The van der Waals surface area contributed by atoms with Crippen molar-refractivity contribution in [3.8, 4) is 0 Å². The van der Waals surface area contributed by atoms with Crippen molar-refractivity contribution in [1.82, 2.24) is 14.9 Å². The molecule has 15 atom stereocenters. The molecule has 17 N–H and O–H groups in total. The van der Waals surface area contributed by atoms with Gasteiger partial charge in [0.15, 0.2) is 6.23 Å². The van der Waals surface area contributed by atoms with Gasteiger partial charge >= 0.3 is 16.8 Å². The summed E-state index contributed by atoms with van der Waals surface area (Å²) < 4.78 is 31.9. The molecule has 0 saturated carbocycles. The molecule has 0 spiro atoms. The monoisotopic (exact) mass is 1350 g/mol. The number of amides is 7. The number of aryl methyl sites for hydroxylation is 2. The Balaban J connectivity index is 0.00000672. The number of imidazole rings is 1. The number of carbonyl (C=O) groups excluding carboxylic acids is 7. The molecular formula is C62H90CoN13O15P. The summed E-state index contributed by atoms with van der Waals surface area (Å²) >= 11 is 0. The topological polar surface area (TPSA) is 496 Å². The van der Waals surface area contributed by atoms with Crippen molar-refractivity contribution >= 4 is 77.3 Å². The minimum absolute atomic E-state index is 0. The van der Waals surface area contributed by atoms with Gasteiger partial charge in [0, 0.05) is 108 Å². The fourth-order valence-electron chi connectivity index (χ4n) is 15.3. The van der Waals surface area contributed by atoms with E-state index in [1.165, 1.54) is 17.8 Å². The van der Waals surface area contributed by atoms with Crippen LogP contribution in [0.1, 0.15) is 150 Å². The molecule has 7 heterocycles. The second kappa shape index (κ2) is 27.8. The van der Waals surface area contributed by atoms with E-state index in [0.717, 1.165) is 11.1 Å². The number of aromatic nitrogens is 2. The summed E-state index contributed by atoms with van der Waals surface area (Å²) in [4.78, 5) is 128. The molecule has 2 saturated heterocycles. The van der Waals surface area contributed by atoms with Crippen LogP contribution in [0.15, 0.2) is 67.8 Å². The molecule has 2 aromatic rings. The molecular weight excluding hydrogens is 1260 g/mol. The van der Waals surface area contributed by atoms with Crippen LogP contribution in [0, 0.1) is 59.2 Å². The van der Waals surface area contributed by atoms with Gasteiger partial charge in [-0.25, -0.2) is 4.98 Å². The molecule has 28 nitrogen and oxygen atoms in total. The summed E-state index contributed by atoms with van der Waals surface area (Å²) in [6, 6.07) is 2.65. The van der Waals surface area contributed by atoms with Crippen molar-refractivity contribution in [1.29, 1.82) is 0 Å². The van der Waals surface area contributed by atoms with Crippen LogP contribution < -0.4 is 44.6 Å². The first-order chi connectivity index (χ1) is 41.8. The zero-order chi connectivity index (χ0) is 66.7. The van der Waals surface area contributed by atoms with Crippen LogP contribution in [0.5, 0.6) is 0 Å². The van der Waals surface area contributed by atoms with Crippen LogP contribution in [-0.4, -0.2) is 133 Å². The molecule has 1 aromatic heterocycles. The predicted molar refractivity (Wildman–Crippen MR) is 335 cm³/mol. The van der Waals surface area contributed by atoms with Gasteiger partial charge in [-0.1, -0.05) is 40.7 Å². The van der Waals surface area contributed by atoms with Crippen LogP contribution in [0.25, 0.3) is 16.4 Å². The van der Waals surface area contributed by atoms with E-state index in [1.807, 2.05) is 80.5 Å². The number of carbonyl (C=O) groups is 7. The molecule has 8 bridgehead atoms. The minimum atomic E-state index is -5.32. The van der Waals surface area contributed by atoms with E-state index in [-0.39, 0.29) is 99.4 Å². The number of primary amides is 6. The maximum atomic E-state index is 14.4. The molecule has 2 fully saturated rings. The molecule has 507 valence electrons. The third kappa shape index (κ3) is 14.1. The predicted octanol–water partition coefficient (Wildman–Crippen LogP) is 2.49. The first-order valence-electron chi connectivity index (χ1n) is 30.5. The number of ether oxygens (including phenoxy) is 1. The zero-order valence-electron chi connectivity index (χ0n) is 54.0. The number of nitrogens with two attached hydrogens (primary N) is 6. The number of nitrogens with one attached hydrogen (secondary N) is 1. The Labute approximate surface area is 545 Å². The van der Waals surface area contributed by atoms with Crippen LogP contribution in [-0.2, 0) is 68.7 Å². The van der Waals surface area contributed by atoms with Gasteiger partial charge in [0.1, 0.15) is 18.3 Å². The van der Waals surface area contributed by atoms with E-state index in [4.69, 9.17) is 68.5 Å². The molecule has 6 aliphatic rings. The number of rotatable bonds is 26. The van der Waals surface area contributed by atoms with E-state index >= 15 is 0 Å². The van der Waals surface area contributed by atoms with Gasteiger partial charge < -0.3 is 84.0 Å². The number of aliphatic hydroxyl groups is 2. The van der Waals surface area contributed by atoms with Crippen LogP contribution in [0.4, 0.5) is 0 Å². The number of phosphoric acid groups is 1. The smallest absolute Gasteiger partial charge is 0.756 e. The van der Waals surface area contributed by atoms with Crippen molar-refractivity contribution in [2.75, 3.05) is 13.2 Å². The second-order valence-electron chi connectivity index (χ2n) is 27.0. The zero-order valence-corrected chi connectivity index (χ0v) is 55.9. The Morgan fingerprint density at radius 2 is 1.38 bits per heavy atom. The molecule has 1 aromatic carbocycles. The van der Waals surface area contributed by atoms with Gasteiger partial charge in [-0.3, -0.25) is 53.1 Å². The number of phosphoric ester groups is 1. The second-order valence-corrected chi connectivity index (χ2v) is 28.3. The van der Waals surface area contributed by atoms with Crippen molar-refractivity contribution in [3.05, 3.63) is 69.2 Å². The number of benzene rings is 1. The number of hydrogen-bond donors (Lipinski definition) is 9. The van der Waals surface area contributed by atoms with Crippen molar-refractivity contribution in [3.63, 3.8) is 0 Å². The van der Waals surface area contributed by atoms with Gasteiger partial charge in [0.25, 0.3) is 7.82 Å². The van der Waals surface area contributed by atoms with E-state index in [9.17, 15) is 53.2 Å². The Bertz CT molecular complexity index is 3550. The average molecular weight is 1350 g/mol. The summed E-state index contributed by atoms with van der Waals surface area (Å²) in [5.74, 6) is -7.40. The number of allylic oxidation sites excluding steroid dienone is 6. The fraction of sp³-hybridized carbons (Fsp3) is 0.629. The van der Waals surface area contributed by atoms with Crippen molar-refractivity contribution in [2.24, 2.45) is 94.7 Å². The Kier molecular flexibility index (Phi) is 22.5. The molecule has 8 rings (SSSR count). The normalized spacial score (nSPS) is 33.5. The van der Waals surface area contributed by atoms with Crippen molar-refractivity contribution in [2.45, 2.75) is 189 Å². The number of fused-ring (bicyclic) bond motifs is 7. The third-order valence-corrected chi connectivity index (χ3v) is 21.6. The Morgan fingerprint density at radius 3 is 1.96 bits per heavy atom. The molecule has 0 aliphatic carbocycles. The molecule has 7 amide bonds. The fourth-order valence-corrected chi connectivity index (χ4v) is 16.4. The van der Waals surface area contributed by atoms with Crippen LogP contribution in [0.3, 0.4) is 0 Å². The number of aliphatic imine (C=N–C) groups is 3. The summed E-state index contributed by atoms with van der Waals surface area (Å²) in [5, 5.41) is 30.1. The molecule has 92 heavy (non-hydrogen) atoms. The average Bonchev–Trinajstić information content (AvgIpc) is 1.53. The Morgan fingerprint density at radius 1 is 0.793 bits per heavy atom. The summed E-state index contributed by atoms with van der Waals surface area (Å²) in [6.07, 6.45) is -4.79. The SMILES string of the molecule is C/C1=C2/[N-]C([C@H](CC(N)=O)[C@@]2(C)CCC(=O)NCC(C)OP(=O)([O-])OC2C(O)[C@@H](n3cnc4cc(C)c(C)cc43)O[C@@H]2CO)[C@]2(C)N=C(/C(C)=C3N=C(/C=C4N=C1[C@@H](CCC(N)=O)C\4(C)C)[C@@H](CCC(N)=O)[C@]\3(C)CC(N)=O)[C@@H](CCC(N)=O)[C@]2(C)CC(N)=O.O.[Co+2]. The van der Waals surface area contributed by atoms with E-state index < -0.39 is 143 Å². The van der Waals surface area contributed by atoms with E-state index in [1.54, 1.807) is 6.92 Å². The van der Waals surface area contributed by atoms with Gasteiger partial charge in [-0.15, -0.1) is 0 Å². The molecule has 6 aliphatic heterocycles. The van der Waals surface area contributed by atoms with E-state index in [2.05, 4.69) is 10.3 Å². The van der Waals surface area contributed by atoms with Crippen molar-refractivity contribution < 1.29 is 89.3 Å². The molecule has 30 heteroatoms. The minimum Gasteiger partial charge on any atom is -0.756 e. The number of hydrogen-bond acceptors (Lipinski definition) is 18. The van der Waals surface area contributed by atoms with Gasteiger partial charge in [-0.2, -0.15) is 5.70 Å². The maximum absolute atomic E-state index is 14.4. The summed E-state index contributed by atoms with van der Waals surface area (Å²) in [7, 11) is -5.32. The van der Waals surface area contributed by atoms with E-state index in [0.29, 0.717) is 56.4 Å². The standard InChI is InChI=1S/C62H90N13O14P.Co.H2O/c1-29-20-39-40(21-30(29)2)75(28-70-39)57-52(84)53(41(27-76)87-57)89-90(85,86)88-31(3)26-69-49(83)18-19-59(8)37(22-46(66)80)56-62(11)61(10,25-48(68)82)36(14-17-45(65)79)51(74-62)33(5)55-60(9,24-47(67)81)34(12-15-43(63)77)38(71-55)23-42-58(6,7)35(13-16-44(64)78)50(72-42)32(4)54(59)73-56;;/h20-21,23,28,31,34-37,41,52-53,56-57,76,84H,12-19,22,24-27H2,1-11H3,(H15,63,64,65,66,67,68,69,71,72,73,74,77,78,79,80,81,82,83,85,86);;1H2/q;+2;/p-2/t31?,34-,35-,36-,37+,41-,52?,53?,56?,57+,59-,60+,61+,62+;;/m1../s1. The number of aliphatic hydroxyl groups excluding tert-OH is 2.